The minimum Gasteiger partial charge on any atom is -0.495 e. The van der Waals surface area contributed by atoms with E-state index in [9.17, 15) is 14.4 Å². The normalized spacial score (nSPS) is 15.0. The maximum absolute atomic E-state index is 15.1. The molecule has 136 valence electrons. The van der Waals surface area contributed by atoms with Gasteiger partial charge in [0, 0.05) is 18.5 Å². The van der Waals surface area contributed by atoms with Gasteiger partial charge in [-0.3, -0.25) is 15.0 Å². The average Bonchev–Trinajstić information content (AvgIpc) is 2.53. The van der Waals surface area contributed by atoms with Gasteiger partial charge in [0.2, 0.25) is 5.91 Å². The van der Waals surface area contributed by atoms with Crippen molar-refractivity contribution in [1.29, 1.82) is 0 Å². The first-order chi connectivity index (χ1) is 11.6. The van der Waals surface area contributed by atoms with Gasteiger partial charge in [0.15, 0.2) is 5.82 Å². The average molecular weight is 352 g/mol. The molecule has 3 amide bonds. The SMILES string of the molecule is COC(=O)c1c(F)c(N2CCC(=O)NC2=O)cc(C(C)(C)C)c1OC. The smallest absolute Gasteiger partial charge is 0.344 e. The number of amides is 3. The van der Waals surface area contributed by atoms with Crippen molar-refractivity contribution >= 4 is 23.6 Å². The molecule has 8 heteroatoms. The zero-order chi connectivity index (χ0) is 18.9. The van der Waals surface area contributed by atoms with Crippen LogP contribution >= 0.6 is 0 Å². The van der Waals surface area contributed by atoms with Gasteiger partial charge in [-0.05, 0) is 11.5 Å². The Morgan fingerprint density at radius 3 is 2.40 bits per heavy atom. The molecule has 2 rings (SSSR count). The number of nitrogens with one attached hydrogen (secondary N) is 1. The van der Waals surface area contributed by atoms with Crippen molar-refractivity contribution in [3.05, 3.63) is 23.0 Å². The molecule has 0 saturated carbocycles. The number of carbonyl (C=O) groups is 3. The molecule has 1 aliphatic heterocycles. The molecule has 0 aliphatic carbocycles. The lowest BCUT2D eigenvalue weighted by Gasteiger charge is -2.30. The van der Waals surface area contributed by atoms with E-state index in [0.717, 1.165) is 12.0 Å². The van der Waals surface area contributed by atoms with Gasteiger partial charge in [-0.1, -0.05) is 20.8 Å². The number of ether oxygens (including phenoxy) is 2. The number of esters is 1. The van der Waals surface area contributed by atoms with Gasteiger partial charge in [-0.2, -0.15) is 0 Å². The minimum atomic E-state index is -0.929. The highest BCUT2D eigenvalue weighted by Gasteiger charge is 2.34. The molecule has 1 N–H and O–H groups in total. The van der Waals surface area contributed by atoms with Crippen LogP contribution < -0.4 is 15.0 Å². The van der Waals surface area contributed by atoms with E-state index in [2.05, 4.69) is 10.1 Å². The molecule has 1 saturated heterocycles. The summed E-state index contributed by atoms with van der Waals surface area (Å²) in [6.45, 7) is 5.62. The molecule has 1 aliphatic rings. The Morgan fingerprint density at radius 1 is 1.28 bits per heavy atom. The van der Waals surface area contributed by atoms with Gasteiger partial charge in [-0.25, -0.2) is 14.0 Å². The van der Waals surface area contributed by atoms with Crippen LogP contribution in [-0.2, 0) is 14.9 Å². The maximum atomic E-state index is 15.1. The third-order valence-electron chi connectivity index (χ3n) is 3.94. The summed E-state index contributed by atoms with van der Waals surface area (Å²) in [4.78, 5) is 36.7. The largest absolute Gasteiger partial charge is 0.495 e. The molecule has 1 heterocycles. The fourth-order valence-corrected chi connectivity index (χ4v) is 2.67. The number of benzene rings is 1. The van der Waals surface area contributed by atoms with Gasteiger partial charge in [0.25, 0.3) is 0 Å². The van der Waals surface area contributed by atoms with Crippen LogP contribution in [0, 0.1) is 5.82 Å². The third kappa shape index (κ3) is 3.42. The standard InChI is InChI=1S/C17H21FN2O5/c1-17(2,3)9-8-10(20-7-6-11(21)19-16(20)23)13(18)12(14(9)24-4)15(22)25-5/h8H,6-7H2,1-5H3,(H,19,21,23). The second-order valence-electron chi connectivity index (χ2n) is 6.66. The van der Waals surface area contributed by atoms with Crippen molar-refractivity contribution in [2.75, 3.05) is 25.7 Å². The molecule has 1 fully saturated rings. The summed E-state index contributed by atoms with van der Waals surface area (Å²) in [6.07, 6.45) is 0.0373. The first-order valence-corrected chi connectivity index (χ1v) is 7.72. The Labute approximate surface area is 145 Å². The lowest BCUT2D eigenvalue weighted by molar-refractivity contribution is -0.120. The third-order valence-corrected chi connectivity index (χ3v) is 3.94. The van der Waals surface area contributed by atoms with Crippen molar-refractivity contribution in [3.8, 4) is 5.75 Å². The molecule has 7 nitrogen and oxygen atoms in total. The number of carbonyl (C=O) groups excluding carboxylic acids is 3. The molecule has 1 aromatic carbocycles. The molecule has 0 atom stereocenters. The van der Waals surface area contributed by atoms with E-state index in [1.165, 1.54) is 13.2 Å². The van der Waals surface area contributed by atoms with Gasteiger partial charge in [0.1, 0.15) is 11.3 Å². The topological polar surface area (TPSA) is 84.9 Å². The fourth-order valence-electron chi connectivity index (χ4n) is 2.67. The highest BCUT2D eigenvalue weighted by atomic mass is 19.1. The molecule has 25 heavy (non-hydrogen) atoms. The molecule has 0 bridgehead atoms. The van der Waals surface area contributed by atoms with E-state index in [1.54, 1.807) is 0 Å². The van der Waals surface area contributed by atoms with Crippen LogP contribution in [0.15, 0.2) is 6.07 Å². The van der Waals surface area contributed by atoms with Crippen LogP contribution in [-0.4, -0.2) is 38.7 Å². The number of hydrogen-bond acceptors (Lipinski definition) is 5. The number of methoxy groups -OCH3 is 2. The number of halogens is 1. The number of imide groups is 1. The summed E-state index contributed by atoms with van der Waals surface area (Å²) >= 11 is 0. The second kappa shape index (κ2) is 6.70. The van der Waals surface area contributed by atoms with E-state index in [4.69, 9.17) is 4.74 Å². The van der Waals surface area contributed by atoms with Crippen molar-refractivity contribution < 1.29 is 28.2 Å². The highest BCUT2D eigenvalue weighted by Crippen LogP contribution is 2.40. The van der Waals surface area contributed by atoms with Crippen molar-refractivity contribution in [3.63, 3.8) is 0 Å². The summed E-state index contributed by atoms with van der Waals surface area (Å²) in [7, 11) is 2.47. The Kier molecular flexibility index (Phi) is 5.01. The predicted octanol–water partition coefficient (Wildman–Crippen LogP) is 2.36. The minimum absolute atomic E-state index is 0.0120. The van der Waals surface area contributed by atoms with Gasteiger partial charge in [0.05, 0.1) is 19.9 Å². The fraction of sp³-hybridized carbons (Fsp3) is 0.471. The lowest BCUT2D eigenvalue weighted by Crippen LogP contribution is -2.50. The van der Waals surface area contributed by atoms with Gasteiger partial charge < -0.3 is 9.47 Å². The van der Waals surface area contributed by atoms with Gasteiger partial charge >= 0.3 is 12.0 Å². The van der Waals surface area contributed by atoms with E-state index in [1.807, 2.05) is 20.8 Å². The number of urea groups is 1. The summed E-state index contributed by atoms with van der Waals surface area (Å²) in [5.74, 6) is -2.20. The van der Waals surface area contributed by atoms with Crippen molar-refractivity contribution in [2.45, 2.75) is 32.6 Å². The molecule has 0 radical (unpaired) electrons. The zero-order valence-electron chi connectivity index (χ0n) is 14.9. The summed E-state index contributed by atoms with van der Waals surface area (Å²) in [5.41, 5.74) is -0.441. The Hall–Kier alpha value is -2.64. The lowest BCUT2D eigenvalue weighted by atomic mass is 9.84. The van der Waals surface area contributed by atoms with E-state index < -0.39 is 29.1 Å². The molecular weight excluding hydrogens is 331 g/mol. The van der Waals surface area contributed by atoms with E-state index in [-0.39, 0.29) is 30.0 Å². The number of anilines is 1. The number of rotatable bonds is 3. The van der Waals surface area contributed by atoms with Crippen molar-refractivity contribution in [1.82, 2.24) is 5.32 Å². The van der Waals surface area contributed by atoms with E-state index >= 15 is 4.39 Å². The van der Waals surface area contributed by atoms with E-state index in [0.29, 0.717) is 5.56 Å². The summed E-state index contributed by atoms with van der Waals surface area (Å²) in [6, 6.07) is 0.728. The van der Waals surface area contributed by atoms with Crippen LogP contribution in [0.3, 0.4) is 0 Å². The molecule has 1 aromatic rings. The first kappa shape index (κ1) is 18.7. The number of nitrogens with zero attached hydrogens (tertiary/aromatic N) is 1. The Bertz CT molecular complexity index is 740. The monoisotopic (exact) mass is 352 g/mol. The zero-order valence-corrected chi connectivity index (χ0v) is 14.9. The second-order valence-corrected chi connectivity index (χ2v) is 6.66. The summed E-state index contributed by atoms with van der Waals surface area (Å²) in [5, 5.41) is 2.14. The molecular formula is C17H21FN2O5. The predicted molar refractivity (Wildman–Crippen MR) is 88.5 cm³/mol. The maximum Gasteiger partial charge on any atom is 0.344 e. The quantitative estimate of drug-likeness (QED) is 0.844. The first-order valence-electron chi connectivity index (χ1n) is 7.72. The molecule has 0 unspecified atom stereocenters. The molecule has 0 spiro atoms. The molecule has 0 aromatic heterocycles. The van der Waals surface area contributed by atoms with Crippen LogP contribution in [0.2, 0.25) is 0 Å². The van der Waals surface area contributed by atoms with Crippen LogP contribution in [0.1, 0.15) is 43.1 Å². The Morgan fingerprint density at radius 2 is 1.92 bits per heavy atom. The summed E-state index contributed by atoms with van der Waals surface area (Å²) < 4.78 is 25.1. The van der Waals surface area contributed by atoms with Crippen molar-refractivity contribution in [2.24, 2.45) is 0 Å². The van der Waals surface area contributed by atoms with Gasteiger partial charge in [-0.15, -0.1) is 0 Å². The number of hydrogen-bond donors (Lipinski definition) is 1. The van der Waals surface area contributed by atoms with Crippen LogP contribution in [0.25, 0.3) is 0 Å². The Balaban J connectivity index is 2.74. The van der Waals surface area contributed by atoms with Crippen LogP contribution in [0.4, 0.5) is 14.9 Å². The highest BCUT2D eigenvalue weighted by molar-refractivity contribution is 6.06. The van der Waals surface area contributed by atoms with Crippen LogP contribution in [0.5, 0.6) is 5.75 Å².